The van der Waals surface area contributed by atoms with Crippen molar-refractivity contribution in [1.82, 2.24) is 4.98 Å². The van der Waals surface area contributed by atoms with Gasteiger partial charge in [-0.1, -0.05) is 12.1 Å². The minimum atomic E-state index is -4.21. The number of hydrogen-bond donors (Lipinski definition) is 0. The number of benzene rings is 1. The van der Waals surface area contributed by atoms with Gasteiger partial charge in [0.25, 0.3) is 0 Å². The zero-order valence-electron chi connectivity index (χ0n) is 16.2. The van der Waals surface area contributed by atoms with Crippen LogP contribution < -0.4 is 9.82 Å². The number of aromatic nitrogens is 2. The molecule has 160 valence electrons. The van der Waals surface area contributed by atoms with Crippen molar-refractivity contribution in [2.45, 2.75) is 31.7 Å². The zero-order chi connectivity index (χ0) is 21.7. The summed E-state index contributed by atoms with van der Waals surface area (Å²) in [5, 5.41) is 13.5. The quantitative estimate of drug-likeness (QED) is 0.158. The summed E-state index contributed by atoms with van der Waals surface area (Å²) in [4.78, 5) is 5.20. The smallest absolute Gasteiger partial charge is 0.227 e. The molecule has 9 nitrogen and oxygen atoms in total. The van der Waals surface area contributed by atoms with Gasteiger partial charge in [0.1, 0.15) is 6.54 Å². The van der Waals surface area contributed by atoms with E-state index in [1.807, 2.05) is 32.0 Å². The van der Waals surface area contributed by atoms with E-state index in [0.717, 1.165) is 28.7 Å². The highest BCUT2D eigenvalue weighted by Crippen LogP contribution is 2.33. The predicted molar refractivity (Wildman–Crippen MR) is 104 cm³/mol. The van der Waals surface area contributed by atoms with Crippen molar-refractivity contribution < 1.29 is 36.6 Å². The Hall–Kier alpha value is -2.28. The molecule has 0 unspecified atom stereocenters. The van der Waals surface area contributed by atoms with Gasteiger partial charge in [0.2, 0.25) is 5.89 Å². The van der Waals surface area contributed by atoms with Crippen molar-refractivity contribution in [2.24, 2.45) is 0 Å². The number of pyridine rings is 1. The largest absolute Gasteiger partial charge is 0.748 e. The fourth-order valence-electron chi connectivity index (χ4n) is 2.84. The van der Waals surface area contributed by atoms with Crippen molar-refractivity contribution in [1.29, 1.82) is 0 Å². The van der Waals surface area contributed by atoms with Crippen LogP contribution in [0.2, 0.25) is 0 Å². The summed E-state index contributed by atoms with van der Waals surface area (Å²) in [5.41, 5.74) is 3.14. The molecule has 0 atom stereocenters. The van der Waals surface area contributed by atoms with Crippen LogP contribution in [0.25, 0.3) is 22.8 Å². The Kier molecular flexibility index (Phi) is 7.23. The lowest BCUT2D eigenvalue weighted by Crippen LogP contribution is -2.33. The highest BCUT2D eigenvalue weighted by molar-refractivity contribution is 7.94. The molecular formula is C19H19N2O7S2-. The average Bonchev–Trinajstić information content (AvgIpc) is 3.08. The van der Waals surface area contributed by atoms with E-state index < -0.39 is 15.9 Å². The molecule has 3 rings (SSSR count). The molecule has 0 fully saturated rings. The SMILES string of the molecule is Cc1ccc(-c2oc(-c3cc[n+](CCCS(=O)(=O)[O-])cc3)nc2C)cc1SOO[O-]. The van der Waals surface area contributed by atoms with Crippen LogP contribution >= 0.6 is 12.0 Å². The molecule has 0 aliphatic carbocycles. The molecule has 1 aromatic carbocycles. The first-order chi connectivity index (χ1) is 14.3. The molecule has 2 aromatic heterocycles. The number of aryl methyl sites for hydroxylation is 3. The second-order valence-electron chi connectivity index (χ2n) is 6.57. The van der Waals surface area contributed by atoms with Gasteiger partial charge in [0, 0.05) is 40.3 Å². The lowest BCUT2D eigenvalue weighted by Gasteiger charge is -2.08. The first-order valence-corrected chi connectivity index (χ1v) is 11.2. The number of hydrogen-bond acceptors (Lipinski definition) is 9. The molecule has 30 heavy (non-hydrogen) atoms. The Labute approximate surface area is 178 Å². The van der Waals surface area contributed by atoms with E-state index in [9.17, 15) is 18.2 Å². The maximum Gasteiger partial charge on any atom is 0.227 e. The molecule has 0 spiro atoms. The van der Waals surface area contributed by atoms with Gasteiger partial charge in [0.15, 0.2) is 18.2 Å². The van der Waals surface area contributed by atoms with Crippen LogP contribution in [0.5, 0.6) is 0 Å². The summed E-state index contributed by atoms with van der Waals surface area (Å²) in [6.07, 6.45) is 3.78. The van der Waals surface area contributed by atoms with Gasteiger partial charge >= 0.3 is 0 Å². The third-order valence-corrected chi connectivity index (χ3v) is 5.88. The van der Waals surface area contributed by atoms with Crippen molar-refractivity contribution in [3.8, 4) is 22.8 Å². The Morgan fingerprint density at radius 1 is 1.17 bits per heavy atom. The first-order valence-electron chi connectivity index (χ1n) is 8.91. The standard InChI is InChI=1S/C19H20N2O7S2/c1-13-4-5-16(12-17(13)29-28-27-22)18-14(2)20-19(26-18)15-6-9-21(10-7-15)8-3-11-30(23,24)25/h4-7,9-10,12H,3,8,11H2,1-2H3,(H-,22,23,24,25)/p-1. The second-order valence-corrected chi connectivity index (χ2v) is 8.84. The van der Waals surface area contributed by atoms with Crippen LogP contribution in [0.15, 0.2) is 52.0 Å². The van der Waals surface area contributed by atoms with E-state index in [4.69, 9.17) is 4.42 Å². The molecule has 0 N–H and O–H groups in total. The van der Waals surface area contributed by atoms with Crippen molar-refractivity contribution in [3.63, 3.8) is 0 Å². The second kappa shape index (κ2) is 9.69. The fourth-order valence-corrected chi connectivity index (χ4v) is 3.80. The van der Waals surface area contributed by atoms with E-state index in [-0.39, 0.29) is 6.42 Å². The molecule has 0 saturated heterocycles. The highest BCUT2D eigenvalue weighted by atomic mass is 32.2. The molecule has 2 heterocycles. The number of rotatable bonds is 9. The molecule has 11 heteroatoms. The van der Waals surface area contributed by atoms with Crippen LogP contribution in [0.3, 0.4) is 0 Å². The third kappa shape index (κ3) is 5.88. The maximum atomic E-state index is 10.7. The fraction of sp³-hybridized carbons (Fsp3) is 0.263. The monoisotopic (exact) mass is 451 g/mol. The van der Waals surface area contributed by atoms with Crippen LogP contribution in [0.4, 0.5) is 0 Å². The van der Waals surface area contributed by atoms with E-state index >= 15 is 0 Å². The van der Waals surface area contributed by atoms with E-state index in [1.165, 1.54) is 0 Å². The van der Waals surface area contributed by atoms with Gasteiger partial charge in [0.05, 0.1) is 27.9 Å². The van der Waals surface area contributed by atoms with E-state index in [2.05, 4.69) is 14.4 Å². The summed E-state index contributed by atoms with van der Waals surface area (Å²) in [7, 11) is -4.21. The van der Waals surface area contributed by atoms with Crippen LogP contribution in [0, 0.1) is 13.8 Å². The zero-order valence-corrected chi connectivity index (χ0v) is 17.9. The topological polar surface area (TPSA) is 129 Å². The molecule has 3 aromatic rings. The number of oxazole rings is 1. The van der Waals surface area contributed by atoms with E-state index in [0.29, 0.717) is 28.8 Å². The predicted octanol–water partition coefficient (Wildman–Crippen LogP) is 2.08. The summed E-state index contributed by atoms with van der Waals surface area (Å²) < 4.78 is 44.2. The van der Waals surface area contributed by atoms with Gasteiger partial charge in [-0.3, -0.25) is 5.04 Å². The van der Waals surface area contributed by atoms with Gasteiger partial charge in [-0.15, -0.1) is 0 Å². The van der Waals surface area contributed by atoms with Crippen LogP contribution in [0.1, 0.15) is 17.7 Å². The molecule has 0 aliphatic rings. The minimum absolute atomic E-state index is 0.243. The lowest BCUT2D eigenvalue weighted by molar-refractivity contribution is -0.777. The van der Waals surface area contributed by atoms with Gasteiger partial charge in [-0.25, -0.2) is 18.0 Å². The molecule has 0 bridgehead atoms. The van der Waals surface area contributed by atoms with Gasteiger partial charge in [-0.05, 0) is 25.5 Å². The lowest BCUT2D eigenvalue weighted by atomic mass is 10.1. The normalized spacial score (nSPS) is 11.7. The van der Waals surface area contributed by atoms with Crippen molar-refractivity contribution in [3.05, 3.63) is 54.0 Å². The third-order valence-electron chi connectivity index (χ3n) is 4.35. The van der Waals surface area contributed by atoms with Gasteiger partial charge in [-0.2, -0.15) is 4.33 Å². The Morgan fingerprint density at radius 3 is 2.57 bits per heavy atom. The molecular weight excluding hydrogens is 432 g/mol. The Bertz CT molecular complexity index is 1110. The minimum Gasteiger partial charge on any atom is -0.748 e. The van der Waals surface area contributed by atoms with Crippen LogP contribution in [-0.2, 0) is 26.0 Å². The van der Waals surface area contributed by atoms with Crippen LogP contribution in [-0.4, -0.2) is 23.7 Å². The van der Waals surface area contributed by atoms with E-state index in [1.54, 1.807) is 29.1 Å². The highest BCUT2D eigenvalue weighted by Gasteiger charge is 2.16. The number of nitrogens with zero attached hydrogens (tertiary/aromatic N) is 2. The summed E-state index contributed by atoms with van der Waals surface area (Å²) in [5.74, 6) is 0.630. The van der Waals surface area contributed by atoms with Crippen molar-refractivity contribution in [2.75, 3.05) is 5.75 Å². The Balaban J connectivity index is 1.78. The molecule has 0 aliphatic heterocycles. The first kappa shape index (κ1) is 22.4. The molecule has 0 saturated carbocycles. The summed E-state index contributed by atoms with van der Waals surface area (Å²) >= 11 is 0.818. The average molecular weight is 452 g/mol. The van der Waals surface area contributed by atoms with Gasteiger partial charge < -0.3 is 14.2 Å². The summed E-state index contributed by atoms with van der Waals surface area (Å²) in [6.45, 7) is 4.12. The summed E-state index contributed by atoms with van der Waals surface area (Å²) in [6, 6.07) is 9.19. The molecule has 0 amide bonds. The Morgan fingerprint density at radius 2 is 1.90 bits per heavy atom. The maximum absolute atomic E-state index is 10.7. The van der Waals surface area contributed by atoms with Crippen molar-refractivity contribution >= 4 is 22.2 Å². The molecule has 0 radical (unpaired) electrons.